The average molecular weight is 471 g/mol. The second-order valence-electron chi connectivity index (χ2n) is 6.74. The Balaban J connectivity index is 1.83. The summed E-state index contributed by atoms with van der Waals surface area (Å²) in [6.07, 6.45) is 0. The molecule has 0 spiro atoms. The van der Waals surface area contributed by atoms with Crippen LogP contribution < -0.4 is 25.1 Å². The number of amides is 1. The number of carbonyl (C=O) groups is 2. The number of rotatable bonds is 9. The lowest BCUT2D eigenvalue weighted by atomic mass is 10.2. The molecule has 1 aromatic heterocycles. The summed E-state index contributed by atoms with van der Waals surface area (Å²) < 4.78 is 34.9. The standard InChI is InChI=1S/C23H22FN3O7/c1-4-33-23(30)22-19(12-21(29)27(26-22)16-7-5-14(24)6-8-16)34-13-20(28)25-15-9-17(31-2)11-18(10-15)32-3/h5-12H,4,13H2,1-3H3,(H,25,28). The lowest BCUT2D eigenvalue weighted by Crippen LogP contribution is -2.27. The highest BCUT2D eigenvalue weighted by Gasteiger charge is 2.21. The summed E-state index contributed by atoms with van der Waals surface area (Å²) in [5, 5.41) is 6.63. The molecule has 11 heteroatoms. The summed E-state index contributed by atoms with van der Waals surface area (Å²) in [7, 11) is 2.95. The third-order valence-corrected chi connectivity index (χ3v) is 4.43. The molecule has 1 N–H and O–H groups in total. The maximum absolute atomic E-state index is 13.2. The fourth-order valence-electron chi connectivity index (χ4n) is 2.88. The van der Waals surface area contributed by atoms with Crippen LogP contribution in [0.1, 0.15) is 17.4 Å². The van der Waals surface area contributed by atoms with E-state index in [0.717, 1.165) is 22.9 Å². The largest absolute Gasteiger partial charge is 0.497 e. The number of hydrogen-bond donors (Lipinski definition) is 1. The van der Waals surface area contributed by atoms with Crippen LogP contribution in [0.4, 0.5) is 10.1 Å². The Bertz CT molecular complexity index is 1220. The van der Waals surface area contributed by atoms with Gasteiger partial charge in [-0.25, -0.2) is 9.18 Å². The summed E-state index contributed by atoms with van der Waals surface area (Å²) >= 11 is 0. The van der Waals surface area contributed by atoms with Gasteiger partial charge in [-0.05, 0) is 31.2 Å². The predicted molar refractivity (Wildman–Crippen MR) is 119 cm³/mol. The molecule has 0 atom stereocenters. The Morgan fingerprint density at radius 1 is 1.03 bits per heavy atom. The van der Waals surface area contributed by atoms with Crippen LogP contribution in [0, 0.1) is 5.82 Å². The van der Waals surface area contributed by atoms with Crippen molar-refractivity contribution in [3.8, 4) is 22.9 Å². The van der Waals surface area contributed by atoms with Gasteiger partial charge in [0.1, 0.15) is 17.3 Å². The van der Waals surface area contributed by atoms with Crippen molar-refractivity contribution in [2.24, 2.45) is 0 Å². The van der Waals surface area contributed by atoms with Gasteiger partial charge in [-0.15, -0.1) is 0 Å². The minimum atomic E-state index is -0.855. The van der Waals surface area contributed by atoms with E-state index in [9.17, 15) is 18.8 Å². The number of esters is 1. The quantitative estimate of drug-likeness (QED) is 0.473. The maximum atomic E-state index is 13.2. The molecule has 0 bridgehead atoms. The average Bonchev–Trinajstić information content (AvgIpc) is 2.83. The number of nitrogens with zero attached hydrogens (tertiary/aromatic N) is 2. The molecule has 1 heterocycles. The third-order valence-electron chi connectivity index (χ3n) is 4.43. The molecule has 10 nitrogen and oxygen atoms in total. The first kappa shape index (κ1) is 24.2. The van der Waals surface area contributed by atoms with Crippen molar-refractivity contribution in [3.63, 3.8) is 0 Å². The molecule has 0 aliphatic rings. The Morgan fingerprint density at radius 3 is 2.26 bits per heavy atom. The van der Waals surface area contributed by atoms with Crippen molar-refractivity contribution in [2.75, 3.05) is 32.8 Å². The summed E-state index contributed by atoms with van der Waals surface area (Å²) in [6, 6.07) is 10.8. The highest BCUT2D eigenvalue weighted by molar-refractivity contribution is 5.93. The molecule has 1 amide bonds. The number of carbonyl (C=O) groups excluding carboxylic acids is 2. The maximum Gasteiger partial charge on any atom is 0.362 e. The van der Waals surface area contributed by atoms with Crippen LogP contribution in [0.15, 0.2) is 53.3 Å². The molecule has 0 aliphatic carbocycles. The first-order chi connectivity index (χ1) is 16.3. The van der Waals surface area contributed by atoms with E-state index in [4.69, 9.17) is 18.9 Å². The van der Waals surface area contributed by atoms with Crippen molar-refractivity contribution in [2.45, 2.75) is 6.92 Å². The van der Waals surface area contributed by atoms with E-state index in [1.165, 1.54) is 26.4 Å². The molecule has 0 aliphatic heterocycles. The van der Waals surface area contributed by atoms with Gasteiger partial charge in [0, 0.05) is 23.9 Å². The Labute approximate surface area is 193 Å². The van der Waals surface area contributed by atoms with Gasteiger partial charge in [0.15, 0.2) is 12.4 Å². The number of benzene rings is 2. The predicted octanol–water partition coefficient (Wildman–Crippen LogP) is 2.58. The number of anilines is 1. The fourth-order valence-corrected chi connectivity index (χ4v) is 2.88. The van der Waals surface area contributed by atoms with Crippen LogP contribution in [-0.2, 0) is 9.53 Å². The van der Waals surface area contributed by atoms with Crippen molar-refractivity contribution in [1.82, 2.24) is 9.78 Å². The minimum absolute atomic E-state index is 0.0494. The van der Waals surface area contributed by atoms with E-state index in [0.29, 0.717) is 17.2 Å². The van der Waals surface area contributed by atoms with Crippen molar-refractivity contribution in [1.29, 1.82) is 0 Å². The number of aromatic nitrogens is 2. The smallest absolute Gasteiger partial charge is 0.362 e. The number of halogens is 1. The van der Waals surface area contributed by atoms with E-state index >= 15 is 0 Å². The summed E-state index contributed by atoms with van der Waals surface area (Å²) in [4.78, 5) is 37.4. The molecular formula is C23H22FN3O7. The van der Waals surface area contributed by atoms with E-state index in [1.807, 2.05) is 0 Å². The second kappa shape index (κ2) is 10.9. The molecule has 34 heavy (non-hydrogen) atoms. The van der Waals surface area contributed by atoms with Gasteiger partial charge in [0.05, 0.1) is 32.6 Å². The van der Waals surface area contributed by atoms with Gasteiger partial charge >= 0.3 is 5.97 Å². The van der Waals surface area contributed by atoms with Crippen molar-refractivity contribution < 1.29 is 32.9 Å². The molecule has 0 saturated carbocycles. The van der Waals surface area contributed by atoms with Gasteiger partial charge in [-0.1, -0.05) is 0 Å². The van der Waals surface area contributed by atoms with Gasteiger partial charge in [-0.2, -0.15) is 9.78 Å². The Morgan fingerprint density at radius 2 is 1.68 bits per heavy atom. The Kier molecular flexibility index (Phi) is 7.80. The zero-order valence-corrected chi connectivity index (χ0v) is 18.7. The van der Waals surface area contributed by atoms with Crippen LogP contribution >= 0.6 is 0 Å². The monoisotopic (exact) mass is 471 g/mol. The number of ether oxygens (including phenoxy) is 4. The van der Waals surface area contributed by atoms with Crippen molar-refractivity contribution >= 4 is 17.6 Å². The van der Waals surface area contributed by atoms with Crippen LogP contribution in [0.5, 0.6) is 17.2 Å². The molecule has 0 unspecified atom stereocenters. The van der Waals surface area contributed by atoms with Crippen LogP contribution in [-0.4, -0.2) is 49.1 Å². The number of methoxy groups -OCH3 is 2. The molecule has 0 fully saturated rings. The molecule has 3 rings (SSSR count). The van der Waals surface area contributed by atoms with Crippen LogP contribution in [0.3, 0.4) is 0 Å². The number of hydrogen-bond acceptors (Lipinski definition) is 8. The lowest BCUT2D eigenvalue weighted by Gasteiger charge is -2.13. The zero-order chi connectivity index (χ0) is 24.7. The van der Waals surface area contributed by atoms with Crippen molar-refractivity contribution in [3.05, 3.63) is 70.4 Å². The minimum Gasteiger partial charge on any atom is -0.497 e. The van der Waals surface area contributed by atoms with Crippen LogP contribution in [0.25, 0.3) is 5.69 Å². The molecule has 2 aromatic carbocycles. The number of nitrogens with one attached hydrogen (secondary N) is 1. The molecule has 178 valence electrons. The second-order valence-corrected chi connectivity index (χ2v) is 6.74. The van der Waals surface area contributed by atoms with Gasteiger partial charge in [0.2, 0.25) is 5.69 Å². The first-order valence-corrected chi connectivity index (χ1v) is 10.1. The molecular weight excluding hydrogens is 449 g/mol. The molecule has 0 radical (unpaired) electrons. The van der Waals surface area contributed by atoms with Crippen LogP contribution in [0.2, 0.25) is 0 Å². The van der Waals surface area contributed by atoms with E-state index < -0.39 is 29.9 Å². The summed E-state index contributed by atoms with van der Waals surface area (Å²) in [5.74, 6) is -1.23. The summed E-state index contributed by atoms with van der Waals surface area (Å²) in [6.45, 7) is 1.12. The lowest BCUT2D eigenvalue weighted by molar-refractivity contribution is -0.118. The fraction of sp³-hybridized carbons (Fsp3) is 0.217. The van der Waals surface area contributed by atoms with E-state index in [2.05, 4.69) is 10.4 Å². The van der Waals surface area contributed by atoms with Gasteiger partial charge in [-0.3, -0.25) is 9.59 Å². The van der Waals surface area contributed by atoms with E-state index in [-0.39, 0.29) is 23.7 Å². The highest BCUT2D eigenvalue weighted by atomic mass is 19.1. The highest BCUT2D eigenvalue weighted by Crippen LogP contribution is 2.25. The van der Waals surface area contributed by atoms with E-state index in [1.54, 1.807) is 25.1 Å². The molecule has 3 aromatic rings. The Hall–Kier alpha value is -4.41. The SMILES string of the molecule is CCOC(=O)c1nn(-c2ccc(F)cc2)c(=O)cc1OCC(=O)Nc1cc(OC)cc(OC)c1. The van der Waals surface area contributed by atoms with Gasteiger partial charge in [0.25, 0.3) is 11.5 Å². The third kappa shape index (κ3) is 5.88. The summed E-state index contributed by atoms with van der Waals surface area (Å²) in [5.41, 5.74) is -0.359. The zero-order valence-electron chi connectivity index (χ0n) is 18.7. The normalized spacial score (nSPS) is 10.4. The topological polar surface area (TPSA) is 118 Å². The first-order valence-electron chi connectivity index (χ1n) is 10.1. The van der Waals surface area contributed by atoms with Gasteiger partial charge < -0.3 is 24.3 Å². The molecule has 0 saturated heterocycles.